The second-order valence-electron chi connectivity index (χ2n) is 9.75. The number of para-hydroxylation sites is 1. The van der Waals surface area contributed by atoms with Crippen LogP contribution in [0.3, 0.4) is 0 Å². The minimum Gasteiger partial charge on any atom is -0.454 e. The van der Waals surface area contributed by atoms with Crippen molar-refractivity contribution >= 4 is 23.2 Å². The Kier molecular flexibility index (Phi) is 8.31. The number of piperazine rings is 1. The quantitative estimate of drug-likeness (QED) is 0.380. The van der Waals surface area contributed by atoms with Crippen LogP contribution in [0.4, 0.5) is 24.5 Å². The minimum absolute atomic E-state index is 0.115. The average Bonchev–Trinajstić information content (AvgIpc) is 3.44. The van der Waals surface area contributed by atoms with Crippen molar-refractivity contribution in [3.63, 3.8) is 0 Å². The van der Waals surface area contributed by atoms with Gasteiger partial charge in [0.1, 0.15) is 6.04 Å². The van der Waals surface area contributed by atoms with Gasteiger partial charge in [0, 0.05) is 38.4 Å². The lowest BCUT2D eigenvalue weighted by atomic mass is 10.1. The van der Waals surface area contributed by atoms with Gasteiger partial charge in [-0.1, -0.05) is 24.3 Å². The zero-order valence-electron chi connectivity index (χ0n) is 22.0. The van der Waals surface area contributed by atoms with Crippen LogP contribution in [-0.2, 0) is 17.5 Å². The van der Waals surface area contributed by atoms with Crippen LogP contribution in [0, 0.1) is 0 Å². The van der Waals surface area contributed by atoms with Gasteiger partial charge in [0.15, 0.2) is 11.5 Å². The Bertz CT molecular complexity index is 1410. The summed E-state index contributed by atoms with van der Waals surface area (Å²) in [5.74, 6) is 0.376. The maximum Gasteiger partial charge on any atom is 0.416 e. The first-order valence-corrected chi connectivity index (χ1v) is 13.1. The van der Waals surface area contributed by atoms with E-state index in [0.29, 0.717) is 38.5 Å². The van der Waals surface area contributed by atoms with Gasteiger partial charge < -0.3 is 30.1 Å². The molecule has 2 amide bonds. The highest BCUT2D eigenvalue weighted by atomic mass is 19.4. The summed E-state index contributed by atoms with van der Waals surface area (Å²) in [6.07, 6.45) is -4.51. The monoisotopic (exact) mass is 570 g/mol. The summed E-state index contributed by atoms with van der Waals surface area (Å²) in [4.78, 5) is 30.1. The molecule has 0 unspecified atom stereocenters. The van der Waals surface area contributed by atoms with E-state index in [1.165, 1.54) is 18.2 Å². The van der Waals surface area contributed by atoms with Gasteiger partial charge in [-0.15, -0.1) is 0 Å². The number of benzene rings is 3. The molecule has 2 aliphatic rings. The molecule has 0 spiro atoms. The van der Waals surface area contributed by atoms with Crippen molar-refractivity contribution in [1.29, 1.82) is 0 Å². The number of aliphatic hydroxyl groups is 1. The molecule has 0 saturated carbocycles. The highest BCUT2D eigenvalue weighted by Gasteiger charge is 2.31. The normalized spacial score (nSPS) is 15.9. The number of alkyl halides is 3. The number of anilines is 2. The Balaban J connectivity index is 1.18. The molecular weight excluding hydrogens is 541 g/mol. The second kappa shape index (κ2) is 12.1. The minimum atomic E-state index is -4.51. The summed E-state index contributed by atoms with van der Waals surface area (Å²) in [6.45, 7) is 2.33. The molecule has 1 saturated heterocycles. The van der Waals surface area contributed by atoms with Crippen LogP contribution in [0.1, 0.15) is 21.5 Å². The van der Waals surface area contributed by atoms with Gasteiger partial charge in [0.05, 0.1) is 23.4 Å². The summed E-state index contributed by atoms with van der Waals surface area (Å²) >= 11 is 0. The lowest BCUT2D eigenvalue weighted by Gasteiger charge is -2.36. The summed E-state index contributed by atoms with van der Waals surface area (Å²) in [6, 6.07) is 15.5. The topological polar surface area (TPSA) is 103 Å². The van der Waals surface area contributed by atoms with Crippen LogP contribution in [0.5, 0.6) is 11.5 Å². The maximum absolute atomic E-state index is 13.2. The van der Waals surface area contributed by atoms with E-state index >= 15 is 0 Å². The van der Waals surface area contributed by atoms with Crippen LogP contribution >= 0.6 is 0 Å². The number of hydrogen-bond acceptors (Lipinski definition) is 7. The van der Waals surface area contributed by atoms with E-state index in [1.807, 2.05) is 18.2 Å². The maximum atomic E-state index is 13.2. The van der Waals surface area contributed by atoms with Crippen LogP contribution in [0.2, 0.25) is 0 Å². The Labute approximate surface area is 234 Å². The van der Waals surface area contributed by atoms with E-state index in [-0.39, 0.29) is 23.7 Å². The Morgan fingerprint density at radius 3 is 2.44 bits per heavy atom. The Hall–Kier alpha value is -4.29. The molecule has 216 valence electrons. The molecule has 1 atom stereocenters. The van der Waals surface area contributed by atoms with E-state index in [0.717, 1.165) is 23.4 Å². The van der Waals surface area contributed by atoms with Gasteiger partial charge >= 0.3 is 6.18 Å². The van der Waals surface area contributed by atoms with E-state index in [4.69, 9.17) is 9.47 Å². The van der Waals surface area contributed by atoms with E-state index in [2.05, 4.69) is 15.5 Å². The van der Waals surface area contributed by atoms with Crippen molar-refractivity contribution in [3.05, 3.63) is 83.4 Å². The summed E-state index contributed by atoms with van der Waals surface area (Å²) in [5.41, 5.74) is 0.752. The lowest BCUT2D eigenvalue weighted by molar-refractivity contribution is -0.137. The number of fused-ring (bicyclic) bond motifs is 1. The molecule has 3 aromatic rings. The first kappa shape index (κ1) is 28.2. The molecule has 3 aromatic carbocycles. The molecule has 2 heterocycles. The zero-order valence-corrected chi connectivity index (χ0v) is 22.0. The predicted octanol–water partition coefficient (Wildman–Crippen LogP) is 3.61. The number of carbonyl (C=O) groups excluding carboxylic acids is 2. The molecule has 0 aliphatic carbocycles. The van der Waals surface area contributed by atoms with Crippen LogP contribution in [0.25, 0.3) is 0 Å². The number of hydrogen-bond donors (Lipinski definition) is 3. The number of halogens is 3. The van der Waals surface area contributed by atoms with Gasteiger partial charge in [-0.2, -0.15) is 13.2 Å². The molecule has 0 bridgehead atoms. The highest BCUT2D eigenvalue weighted by Crippen LogP contribution is 2.33. The fourth-order valence-corrected chi connectivity index (χ4v) is 4.78. The number of ether oxygens (including phenoxy) is 2. The molecule has 41 heavy (non-hydrogen) atoms. The largest absolute Gasteiger partial charge is 0.454 e. The predicted molar refractivity (Wildman–Crippen MR) is 144 cm³/mol. The van der Waals surface area contributed by atoms with E-state index in [1.54, 1.807) is 23.1 Å². The molecule has 12 heteroatoms. The van der Waals surface area contributed by atoms with Crippen molar-refractivity contribution in [1.82, 2.24) is 15.1 Å². The first-order valence-electron chi connectivity index (χ1n) is 13.1. The van der Waals surface area contributed by atoms with Crippen molar-refractivity contribution in [2.75, 3.05) is 44.9 Å². The first-order chi connectivity index (χ1) is 19.7. The van der Waals surface area contributed by atoms with Gasteiger partial charge in [-0.25, -0.2) is 0 Å². The summed E-state index contributed by atoms with van der Waals surface area (Å²) in [5, 5.41) is 15.4. The number of amides is 2. The smallest absolute Gasteiger partial charge is 0.416 e. The van der Waals surface area contributed by atoms with Crippen molar-refractivity contribution in [2.45, 2.75) is 18.8 Å². The summed E-state index contributed by atoms with van der Waals surface area (Å²) < 4.78 is 50.2. The van der Waals surface area contributed by atoms with Gasteiger partial charge in [0.25, 0.3) is 5.91 Å². The van der Waals surface area contributed by atoms with Crippen LogP contribution in [-0.4, -0.2) is 72.3 Å². The average molecular weight is 571 g/mol. The van der Waals surface area contributed by atoms with Gasteiger partial charge in [-0.05, 0) is 48.0 Å². The lowest BCUT2D eigenvalue weighted by Crippen LogP contribution is -2.55. The van der Waals surface area contributed by atoms with Gasteiger partial charge in [0.2, 0.25) is 12.7 Å². The standard InChI is InChI=1S/C29H29F3N4O5/c30-29(31,32)20-4-3-5-21(15-20)33-23-7-2-1-6-22(23)27(38)34-24(17-37)28(39)36-12-10-35(11-13-36)16-19-8-9-25-26(14-19)41-18-40-25/h1-9,14-15,24,33,37H,10-13,16-18H2,(H,34,38)/t24-/m0/s1. The van der Waals surface area contributed by atoms with Crippen molar-refractivity contribution < 1.29 is 37.3 Å². The third kappa shape index (κ3) is 6.72. The third-order valence-corrected chi connectivity index (χ3v) is 6.95. The van der Waals surface area contributed by atoms with E-state index < -0.39 is 36.2 Å². The highest BCUT2D eigenvalue weighted by molar-refractivity contribution is 6.02. The molecule has 5 rings (SSSR count). The fourth-order valence-electron chi connectivity index (χ4n) is 4.78. The number of aliphatic hydroxyl groups excluding tert-OH is 1. The van der Waals surface area contributed by atoms with Crippen molar-refractivity contribution in [3.8, 4) is 11.5 Å². The SMILES string of the molecule is O=C(N[C@@H](CO)C(=O)N1CCN(Cc2ccc3c(c2)OCO3)CC1)c1ccccc1Nc1cccc(C(F)(F)F)c1. The zero-order chi connectivity index (χ0) is 29.0. The summed E-state index contributed by atoms with van der Waals surface area (Å²) in [7, 11) is 0. The molecule has 0 aromatic heterocycles. The number of carbonyl (C=O) groups is 2. The number of nitrogens with one attached hydrogen (secondary N) is 2. The van der Waals surface area contributed by atoms with Crippen LogP contribution < -0.4 is 20.1 Å². The fraction of sp³-hybridized carbons (Fsp3) is 0.310. The van der Waals surface area contributed by atoms with Gasteiger partial charge in [-0.3, -0.25) is 14.5 Å². The molecular formula is C29H29F3N4O5. The number of nitrogens with zero attached hydrogens (tertiary/aromatic N) is 2. The molecule has 1 fully saturated rings. The molecule has 3 N–H and O–H groups in total. The molecule has 9 nitrogen and oxygen atoms in total. The number of rotatable bonds is 8. The third-order valence-electron chi connectivity index (χ3n) is 6.95. The molecule has 2 aliphatic heterocycles. The van der Waals surface area contributed by atoms with E-state index in [9.17, 15) is 27.9 Å². The van der Waals surface area contributed by atoms with Crippen LogP contribution in [0.15, 0.2) is 66.7 Å². The Morgan fingerprint density at radius 1 is 0.927 bits per heavy atom. The second-order valence-corrected chi connectivity index (χ2v) is 9.75. The molecule has 0 radical (unpaired) electrons. The Morgan fingerprint density at radius 2 is 1.68 bits per heavy atom. The van der Waals surface area contributed by atoms with Crippen molar-refractivity contribution in [2.24, 2.45) is 0 Å².